The van der Waals surface area contributed by atoms with Gasteiger partial charge in [-0.15, -0.1) is 5.10 Å². The molecular formula is C18H18N6O2. The van der Waals surface area contributed by atoms with Crippen molar-refractivity contribution in [3.05, 3.63) is 70.2 Å². The molecule has 132 valence electrons. The van der Waals surface area contributed by atoms with E-state index in [9.17, 15) is 9.59 Å². The summed E-state index contributed by atoms with van der Waals surface area (Å²) in [6.45, 7) is 1.18. The molecule has 1 N–H and O–H groups in total. The van der Waals surface area contributed by atoms with Crippen LogP contribution in [-0.4, -0.2) is 30.2 Å². The molecule has 0 bridgehead atoms. The fraction of sp³-hybridized carbons (Fsp3) is 0.278. The molecule has 4 heterocycles. The Balaban J connectivity index is 1.52. The Morgan fingerprint density at radius 2 is 2.15 bits per heavy atom. The molecule has 4 rings (SSSR count). The number of aromatic nitrogens is 5. The van der Waals surface area contributed by atoms with Gasteiger partial charge in [0.2, 0.25) is 5.95 Å². The first-order chi connectivity index (χ1) is 12.7. The Labute approximate surface area is 149 Å². The maximum Gasteiger partial charge on any atom is 0.259 e. The summed E-state index contributed by atoms with van der Waals surface area (Å²) < 4.78 is 3.32. The second-order valence-corrected chi connectivity index (χ2v) is 6.22. The minimum atomic E-state index is -0.297. The minimum Gasteiger partial charge on any atom is -0.312 e. The van der Waals surface area contributed by atoms with Crippen LogP contribution in [-0.2, 0) is 19.5 Å². The molecule has 0 radical (unpaired) electrons. The van der Waals surface area contributed by atoms with E-state index in [-0.39, 0.29) is 17.4 Å². The molecule has 0 spiro atoms. The number of carbonyl (C=O) groups excluding carboxylic acids is 1. The van der Waals surface area contributed by atoms with Crippen LogP contribution in [0.2, 0.25) is 0 Å². The predicted octanol–water partition coefficient (Wildman–Crippen LogP) is 1.47. The molecule has 8 heteroatoms. The van der Waals surface area contributed by atoms with Crippen LogP contribution in [0.15, 0.2) is 47.8 Å². The number of nitrogens with one attached hydrogen (secondary N) is 1. The van der Waals surface area contributed by atoms with Crippen molar-refractivity contribution in [1.29, 1.82) is 0 Å². The highest BCUT2D eigenvalue weighted by atomic mass is 16.2. The minimum absolute atomic E-state index is 0.0601. The summed E-state index contributed by atoms with van der Waals surface area (Å²) in [6, 6.07) is 6.83. The number of anilines is 1. The van der Waals surface area contributed by atoms with E-state index in [0.717, 1.165) is 30.5 Å². The maximum absolute atomic E-state index is 12.6. The summed E-state index contributed by atoms with van der Waals surface area (Å²) in [4.78, 5) is 32.8. The van der Waals surface area contributed by atoms with Gasteiger partial charge in [0.25, 0.3) is 11.5 Å². The van der Waals surface area contributed by atoms with E-state index in [2.05, 4.69) is 20.4 Å². The molecule has 1 aliphatic heterocycles. The van der Waals surface area contributed by atoms with Crippen molar-refractivity contribution in [2.75, 3.05) is 5.32 Å². The lowest BCUT2D eigenvalue weighted by Gasteiger charge is -2.20. The van der Waals surface area contributed by atoms with Gasteiger partial charge in [0.15, 0.2) is 0 Å². The highest BCUT2D eigenvalue weighted by Crippen LogP contribution is 2.17. The first-order valence-corrected chi connectivity index (χ1v) is 8.53. The zero-order chi connectivity index (χ0) is 17.9. The quantitative estimate of drug-likeness (QED) is 0.769. The summed E-state index contributed by atoms with van der Waals surface area (Å²) in [5, 5.41) is 7.00. The number of fused-ring (bicyclic) bond motifs is 1. The van der Waals surface area contributed by atoms with Crippen LogP contribution >= 0.6 is 0 Å². The van der Waals surface area contributed by atoms with Crippen LogP contribution in [0.1, 0.15) is 34.5 Å². The molecule has 0 atom stereocenters. The highest BCUT2D eigenvalue weighted by Gasteiger charge is 2.19. The van der Waals surface area contributed by atoms with Gasteiger partial charge in [-0.05, 0) is 37.0 Å². The van der Waals surface area contributed by atoms with Crippen LogP contribution < -0.4 is 10.9 Å². The molecule has 3 aromatic rings. The van der Waals surface area contributed by atoms with E-state index < -0.39 is 0 Å². The maximum atomic E-state index is 12.6. The van der Waals surface area contributed by atoms with Gasteiger partial charge < -0.3 is 4.57 Å². The van der Waals surface area contributed by atoms with Crippen LogP contribution in [0.3, 0.4) is 0 Å². The molecular weight excluding hydrogens is 332 g/mol. The van der Waals surface area contributed by atoms with Gasteiger partial charge in [0.05, 0.1) is 12.1 Å². The number of amides is 1. The van der Waals surface area contributed by atoms with Crippen molar-refractivity contribution in [1.82, 2.24) is 24.3 Å². The molecule has 0 aliphatic carbocycles. The highest BCUT2D eigenvalue weighted by molar-refractivity contribution is 6.04. The standard InChI is InChI=1S/C18H18N6O2/c25-16-7-6-14(15-5-1-2-9-24(15)16)17(26)21-18-20-12-23(22-18)11-13-4-3-8-19-10-13/h3-4,6-8,10,12H,1-2,5,9,11H2,(H,21,22,26). The summed E-state index contributed by atoms with van der Waals surface area (Å²) in [5.74, 6) is -0.0607. The van der Waals surface area contributed by atoms with E-state index in [4.69, 9.17) is 0 Å². The molecule has 1 amide bonds. The first kappa shape index (κ1) is 16.2. The fourth-order valence-corrected chi connectivity index (χ4v) is 3.18. The summed E-state index contributed by atoms with van der Waals surface area (Å²) in [6.07, 6.45) is 7.69. The monoisotopic (exact) mass is 350 g/mol. The third kappa shape index (κ3) is 3.26. The van der Waals surface area contributed by atoms with Gasteiger partial charge >= 0.3 is 0 Å². The van der Waals surface area contributed by atoms with E-state index >= 15 is 0 Å². The van der Waals surface area contributed by atoms with Crippen molar-refractivity contribution >= 4 is 11.9 Å². The Morgan fingerprint density at radius 3 is 3.00 bits per heavy atom. The SMILES string of the molecule is O=C(Nc1ncn(Cc2cccnc2)n1)c1ccc(=O)n2c1CCCC2. The lowest BCUT2D eigenvalue weighted by atomic mass is 10.0. The lowest BCUT2D eigenvalue weighted by Crippen LogP contribution is -2.30. The van der Waals surface area contributed by atoms with Crippen molar-refractivity contribution in [2.45, 2.75) is 32.4 Å². The van der Waals surface area contributed by atoms with Gasteiger partial charge in [0.1, 0.15) is 6.33 Å². The third-order valence-corrected chi connectivity index (χ3v) is 4.41. The number of nitrogens with zero attached hydrogens (tertiary/aromatic N) is 5. The van der Waals surface area contributed by atoms with Crippen molar-refractivity contribution < 1.29 is 4.79 Å². The topological polar surface area (TPSA) is 94.7 Å². The van der Waals surface area contributed by atoms with Crippen molar-refractivity contribution in [2.24, 2.45) is 0 Å². The molecule has 0 aromatic carbocycles. The third-order valence-electron chi connectivity index (χ3n) is 4.41. The molecule has 8 nitrogen and oxygen atoms in total. The van der Waals surface area contributed by atoms with Crippen molar-refractivity contribution in [3.63, 3.8) is 0 Å². The largest absolute Gasteiger partial charge is 0.312 e. The second-order valence-electron chi connectivity index (χ2n) is 6.22. The van der Waals surface area contributed by atoms with Crippen molar-refractivity contribution in [3.8, 4) is 0 Å². The van der Waals surface area contributed by atoms with Gasteiger partial charge in [0, 0.05) is 30.7 Å². The van der Waals surface area contributed by atoms with Gasteiger partial charge in [-0.25, -0.2) is 9.67 Å². The van der Waals surface area contributed by atoms with Crippen LogP contribution in [0.4, 0.5) is 5.95 Å². The normalized spacial score (nSPS) is 13.2. The molecule has 26 heavy (non-hydrogen) atoms. The number of rotatable bonds is 4. The first-order valence-electron chi connectivity index (χ1n) is 8.53. The Kier molecular flexibility index (Phi) is 4.30. The smallest absolute Gasteiger partial charge is 0.259 e. The zero-order valence-electron chi connectivity index (χ0n) is 14.1. The summed E-state index contributed by atoms with van der Waals surface area (Å²) in [7, 11) is 0. The second kappa shape index (κ2) is 6.91. The van der Waals surface area contributed by atoms with E-state index in [1.54, 1.807) is 34.0 Å². The number of pyridine rings is 2. The molecule has 0 fully saturated rings. The summed E-state index contributed by atoms with van der Waals surface area (Å²) in [5.41, 5.74) is 2.23. The molecule has 0 saturated carbocycles. The number of carbonyl (C=O) groups is 1. The Hall–Kier alpha value is -3.29. The molecule has 1 aliphatic rings. The van der Waals surface area contributed by atoms with Gasteiger partial charge in [-0.3, -0.25) is 19.9 Å². The molecule has 0 unspecified atom stereocenters. The lowest BCUT2D eigenvalue weighted by molar-refractivity contribution is 0.102. The van der Waals surface area contributed by atoms with E-state index in [1.165, 1.54) is 6.07 Å². The van der Waals surface area contributed by atoms with Crippen LogP contribution in [0.5, 0.6) is 0 Å². The van der Waals surface area contributed by atoms with E-state index in [0.29, 0.717) is 18.7 Å². The molecule has 3 aromatic heterocycles. The summed E-state index contributed by atoms with van der Waals surface area (Å²) >= 11 is 0. The Morgan fingerprint density at radius 1 is 1.23 bits per heavy atom. The Bertz CT molecular complexity index is 992. The number of hydrogen-bond donors (Lipinski definition) is 1. The fourth-order valence-electron chi connectivity index (χ4n) is 3.18. The van der Waals surface area contributed by atoms with E-state index in [1.807, 2.05) is 12.1 Å². The average molecular weight is 350 g/mol. The van der Waals surface area contributed by atoms with Crippen LogP contribution in [0.25, 0.3) is 0 Å². The van der Waals surface area contributed by atoms with Gasteiger partial charge in [-0.2, -0.15) is 0 Å². The predicted molar refractivity (Wildman–Crippen MR) is 95.0 cm³/mol. The zero-order valence-corrected chi connectivity index (χ0v) is 14.1. The average Bonchev–Trinajstić information content (AvgIpc) is 3.10. The van der Waals surface area contributed by atoms with Gasteiger partial charge in [-0.1, -0.05) is 6.07 Å². The molecule has 0 saturated heterocycles. The van der Waals surface area contributed by atoms with Crippen LogP contribution in [0, 0.1) is 0 Å². The number of hydrogen-bond acceptors (Lipinski definition) is 5.